The van der Waals surface area contributed by atoms with E-state index in [-0.39, 0.29) is 37.4 Å². The van der Waals surface area contributed by atoms with Crippen LogP contribution in [0.3, 0.4) is 0 Å². The Bertz CT molecular complexity index is 774. The standard InChI is InChI=1S/C21H29N3O4/c1-14(2)15-5-4-6-16(9-15)18(26)23-11-21(28)12-24(13-21)19(27)20(3)8-7-17(25)22-10-20/h4-6,9,14,28H,7-8,10-13H2,1-3H3,(H,22,25)(H,23,26). The minimum atomic E-state index is -1.12. The van der Waals surface area contributed by atoms with Crippen molar-refractivity contribution < 1.29 is 19.5 Å². The van der Waals surface area contributed by atoms with Crippen LogP contribution in [0.4, 0.5) is 0 Å². The molecule has 2 fully saturated rings. The van der Waals surface area contributed by atoms with Crippen LogP contribution in [0.2, 0.25) is 0 Å². The molecule has 0 radical (unpaired) electrons. The molecule has 0 aliphatic carbocycles. The molecule has 0 saturated carbocycles. The number of benzene rings is 1. The minimum absolute atomic E-state index is 0.0327. The second-order valence-electron chi connectivity index (χ2n) is 8.69. The van der Waals surface area contributed by atoms with Gasteiger partial charge in [-0.25, -0.2) is 0 Å². The number of carbonyl (C=O) groups excluding carboxylic acids is 3. The molecule has 3 rings (SSSR count). The number of nitrogens with one attached hydrogen (secondary N) is 2. The number of amides is 3. The van der Waals surface area contributed by atoms with E-state index in [1.165, 1.54) is 0 Å². The van der Waals surface area contributed by atoms with Crippen LogP contribution < -0.4 is 10.6 Å². The van der Waals surface area contributed by atoms with Gasteiger partial charge in [-0.1, -0.05) is 26.0 Å². The van der Waals surface area contributed by atoms with Crippen molar-refractivity contribution in [2.75, 3.05) is 26.2 Å². The molecule has 2 saturated heterocycles. The van der Waals surface area contributed by atoms with E-state index in [0.29, 0.717) is 30.9 Å². The van der Waals surface area contributed by atoms with Crippen molar-refractivity contribution in [3.8, 4) is 0 Å². The summed E-state index contributed by atoms with van der Waals surface area (Å²) in [7, 11) is 0. The number of hydrogen-bond donors (Lipinski definition) is 3. The van der Waals surface area contributed by atoms with Crippen molar-refractivity contribution >= 4 is 17.7 Å². The smallest absolute Gasteiger partial charge is 0.251 e. The first-order valence-corrected chi connectivity index (χ1v) is 9.79. The Kier molecular flexibility index (Phi) is 5.48. The van der Waals surface area contributed by atoms with Gasteiger partial charge in [0.2, 0.25) is 11.8 Å². The second kappa shape index (κ2) is 7.54. The van der Waals surface area contributed by atoms with Gasteiger partial charge in [-0.05, 0) is 37.0 Å². The Hall–Kier alpha value is -2.41. The molecule has 3 amide bonds. The first kappa shape index (κ1) is 20.3. The fourth-order valence-corrected chi connectivity index (χ4v) is 3.73. The van der Waals surface area contributed by atoms with Crippen LogP contribution in [-0.4, -0.2) is 59.5 Å². The van der Waals surface area contributed by atoms with Gasteiger partial charge < -0.3 is 20.6 Å². The molecule has 1 aromatic rings. The van der Waals surface area contributed by atoms with E-state index in [9.17, 15) is 19.5 Å². The van der Waals surface area contributed by atoms with E-state index >= 15 is 0 Å². The van der Waals surface area contributed by atoms with Crippen molar-refractivity contribution in [3.05, 3.63) is 35.4 Å². The van der Waals surface area contributed by atoms with E-state index in [1.54, 1.807) is 11.0 Å². The highest BCUT2D eigenvalue weighted by Crippen LogP contribution is 2.32. The van der Waals surface area contributed by atoms with Crippen LogP contribution in [0.1, 0.15) is 55.5 Å². The zero-order valence-corrected chi connectivity index (χ0v) is 16.7. The molecule has 0 spiro atoms. The summed E-state index contributed by atoms with van der Waals surface area (Å²) in [6.07, 6.45) is 0.849. The molecule has 3 N–H and O–H groups in total. The molecule has 28 heavy (non-hydrogen) atoms. The maximum absolute atomic E-state index is 12.7. The normalized spacial score (nSPS) is 23.8. The third-order valence-corrected chi connectivity index (χ3v) is 5.75. The lowest BCUT2D eigenvalue weighted by atomic mass is 9.79. The Labute approximate surface area is 165 Å². The monoisotopic (exact) mass is 387 g/mol. The molecular formula is C21H29N3O4. The first-order chi connectivity index (χ1) is 13.1. The SMILES string of the molecule is CC(C)c1cccc(C(=O)NCC2(O)CN(C(=O)C3(C)CCC(=O)NC3)C2)c1. The predicted octanol–water partition coefficient (Wildman–Crippen LogP) is 1.03. The summed E-state index contributed by atoms with van der Waals surface area (Å²) in [6.45, 7) is 6.76. The van der Waals surface area contributed by atoms with Gasteiger partial charge in [-0.3, -0.25) is 14.4 Å². The summed E-state index contributed by atoms with van der Waals surface area (Å²) < 4.78 is 0. The molecule has 0 aromatic heterocycles. The van der Waals surface area contributed by atoms with Crippen molar-refractivity contribution in [3.63, 3.8) is 0 Å². The highest BCUT2D eigenvalue weighted by molar-refractivity contribution is 5.94. The average Bonchev–Trinajstić information content (AvgIpc) is 2.65. The lowest BCUT2D eigenvalue weighted by Gasteiger charge is -2.49. The Morgan fingerprint density at radius 3 is 2.64 bits per heavy atom. The van der Waals surface area contributed by atoms with Crippen LogP contribution >= 0.6 is 0 Å². The molecule has 2 aliphatic heterocycles. The molecule has 7 heteroatoms. The van der Waals surface area contributed by atoms with Crippen LogP contribution in [0.25, 0.3) is 0 Å². The number of nitrogens with zero attached hydrogens (tertiary/aromatic N) is 1. The van der Waals surface area contributed by atoms with Crippen molar-refractivity contribution in [2.24, 2.45) is 5.41 Å². The molecule has 0 bridgehead atoms. The summed E-state index contributed by atoms with van der Waals surface area (Å²) in [5, 5.41) is 16.1. The van der Waals surface area contributed by atoms with Crippen molar-refractivity contribution in [1.29, 1.82) is 0 Å². The summed E-state index contributed by atoms with van der Waals surface area (Å²) in [5.41, 5.74) is -0.0995. The Balaban J connectivity index is 1.51. The molecular weight excluding hydrogens is 358 g/mol. The van der Waals surface area contributed by atoms with Gasteiger partial charge in [0, 0.05) is 18.5 Å². The molecule has 1 unspecified atom stereocenters. The topological polar surface area (TPSA) is 98.7 Å². The fraction of sp³-hybridized carbons (Fsp3) is 0.571. The van der Waals surface area contributed by atoms with Gasteiger partial charge in [-0.2, -0.15) is 0 Å². The quantitative estimate of drug-likeness (QED) is 0.703. The number of rotatable bonds is 5. The lowest BCUT2D eigenvalue weighted by Crippen LogP contribution is -2.70. The van der Waals surface area contributed by atoms with Gasteiger partial charge in [0.25, 0.3) is 5.91 Å². The van der Waals surface area contributed by atoms with E-state index < -0.39 is 11.0 Å². The minimum Gasteiger partial charge on any atom is -0.384 e. The zero-order chi connectivity index (χ0) is 20.5. The zero-order valence-electron chi connectivity index (χ0n) is 16.7. The molecule has 2 aliphatic rings. The van der Waals surface area contributed by atoms with Crippen LogP contribution in [0.5, 0.6) is 0 Å². The Morgan fingerprint density at radius 2 is 2.04 bits per heavy atom. The number of hydrogen-bond acceptors (Lipinski definition) is 4. The second-order valence-corrected chi connectivity index (χ2v) is 8.69. The molecule has 152 valence electrons. The number of β-amino-alcohol motifs (C(OH)–C–C–N with tert-alkyl or cyclic N) is 1. The van der Waals surface area contributed by atoms with Crippen LogP contribution in [-0.2, 0) is 9.59 Å². The number of likely N-dealkylation sites (tertiary alicyclic amines) is 1. The third-order valence-electron chi connectivity index (χ3n) is 5.75. The van der Waals surface area contributed by atoms with Gasteiger partial charge in [0.05, 0.1) is 25.0 Å². The Morgan fingerprint density at radius 1 is 1.32 bits per heavy atom. The van der Waals surface area contributed by atoms with Crippen molar-refractivity contribution in [1.82, 2.24) is 15.5 Å². The summed E-state index contributed by atoms with van der Waals surface area (Å²) in [4.78, 5) is 38.1. The number of carbonyl (C=O) groups is 3. The largest absolute Gasteiger partial charge is 0.384 e. The molecule has 7 nitrogen and oxygen atoms in total. The summed E-state index contributed by atoms with van der Waals surface area (Å²) in [5.74, 6) is -0.000461. The van der Waals surface area contributed by atoms with E-state index in [4.69, 9.17) is 0 Å². The van der Waals surface area contributed by atoms with E-state index in [1.807, 2.05) is 25.1 Å². The fourth-order valence-electron chi connectivity index (χ4n) is 3.73. The lowest BCUT2D eigenvalue weighted by molar-refractivity contribution is -0.165. The highest BCUT2D eigenvalue weighted by atomic mass is 16.3. The summed E-state index contributed by atoms with van der Waals surface area (Å²) in [6, 6.07) is 7.45. The molecule has 1 atom stereocenters. The van der Waals surface area contributed by atoms with Gasteiger partial charge in [-0.15, -0.1) is 0 Å². The van der Waals surface area contributed by atoms with E-state index in [2.05, 4.69) is 24.5 Å². The number of piperidine rings is 1. The van der Waals surface area contributed by atoms with Gasteiger partial charge in [0.1, 0.15) is 5.60 Å². The van der Waals surface area contributed by atoms with Gasteiger partial charge >= 0.3 is 0 Å². The molecule has 2 heterocycles. The van der Waals surface area contributed by atoms with Crippen LogP contribution in [0, 0.1) is 5.41 Å². The first-order valence-electron chi connectivity index (χ1n) is 9.79. The maximum atomic E-state index is 12.7. The van der Waals surface area contributed by atoms with E-state index in [0.717, 1.165) is 5.56 Å². The van der Waals surface area contributed by atoms with Gasteiger partial charge in [0.15, 0.2) is 0 Å². The highest BCUT2D eigenvalue weighted by Gasteiger charge is 2.49. The predicted molar refractivity (Wildman–Crippen MR) is 105 cm³/mol. The molecule has 1 aromatic carbocycles. The maximum Gasteiger partial charge on any atom is 0.251 e. The number of aliphatic hydroxyl groups is 1. The average molecular weight is 387 g/mol. The summed E-state index contributed by atoms with van der Waals surface area (Å²) >= 11 is 0. The third kappa shape index (κ3) is 4.19. The van der Waals surface area contributed by atoms with Crippen LogP contribution in [0.15, 0.2) is 24.3 Å². The van der Waals surface area contributed by atoms with Crippen molar-refractivity contribution in [2.45, 2.75) is 45.1 Å².